The van der Waals surface area contributed by atoms with E-state index in [1.165, 1.54) is 11.3 Å². The molecule has 1 aliphatic rings. The molecule has 2 rings (SSSR count). The van der Waals surface area contributed by atoms with E-state index in [1.54, 1.807) is 0 Å². The number of hydrogen-bond acceptors (Lipinski definition) is 5. The summed E-state index contributed by atoms with van der Waals surface area (Å²) in [6.07, 6.45) is 2.73. The second-order valence-corrected chi connectivity index (χ2v) is 7.09. The van der Waals surface area contributed by atoms with E-state index in [9.17, 15) is 9.90 Å². The second-order valence-electron chi connectivity index (χ2n) is 6.11. The third-order valence-electron chi connectivity index (χ3n) is 4.56. The lowest BCUT2D eigenvalue weighted by atomic mass is 9.77. The zero-order valence-electron chi connectivity index (χ0n) is 13.3. The summed E-state index contributed by atoms with van der Waals surface area (Å²) in [6, 6.07) is 0. The summed E-state index contributed by atoms with van der Waals surface area (Å²) in [6.45, 7) is 5.68. The number of nitrogens with zero attached hydrogens (tertiary/aromatic N) is 3. The van der Waals surface area contributed by atoms with E-state index < -0.39 is 0 Å². The number of hydrogen-bond donors (Lipinski definition) is 1. The van der Waals surface area contributed by atoms with E-state index in [4.69, 9.17) is 0 Å². The van der Waals surface area contributed by atoms with Crippen LogP contribution < -0.4 is 4.90 Å². The fraction of sp³-hybridized carbons (Fsp3) is 0.733. The van der Waals surface area contributed by atoms with E-state index in [-0.39, 0.29) is 17.9 Å². The average Bonchev–Trinajstić information content (AvgIpc) is 2.89. The first-order valence-electron chi connectivity index (χ1n) is 7.47. The van der Waals surface area contributed by atoms with Gasteiger partial charge in [-0.1, -0.05) is 18.3 Å². The zero-order chi connectivity index (χ0) is 15.6. The number of amides is 1. The number of piperidine rings is 1. The number of aliphatic hydroxyl groups excluding tert-OH is 1. The molecule has 0 atom stereocenters. The Morgan fingerprint density at radius 3 is 2.48 bits per heavy atom. The van der Waals surface area contributed by atoms with Crippen molar-refractivity contribution in [2.45, 2.75) is 33.1 Å². The lowest BCUT2D eigenvalue weighted by molar-refractivity contribution is 0.0340. The molecule has 0 aliphatic carbocycles. The van der Waals surface area contributed by atoms with Crippen LogP contribution in [0, 0.1) is 12.3 Å². The van der Waals surface area contributed by atoms with Crippen molar-refractivity contribution in [3.63, 3.8) is 0 Å². The molecule has 0 spiro atoms. The van der Waals surface area contributed by atoms with Crippen LogP contribution in [-0.2, 0) is 0 Å². The standard InChI is InChI=1S/C15H25N3O2S/c1-5-15(10-19)6-8-18(9-7-15)13(20)12-11(2)16-14(21-12)17(3)4/h19H,5-10H2,1-4H3. The Bertz CT molecular complexity index is 499. The van der Waals surface area contributed by atoms with Crippen LogP contribution in [0.1, 0.15) is 41.6 Å². The van der Waals surface area contributed by atoms with Gasteiger partial charge in [-0.2, -0.15) is 0 Å². The van der Waals surface area contributed by atoms with Crippen LogP contribution in [0.25, 0.3) is 0 Å². The second kappa shape index (κ2) is 6.32. The minimum atomic E-state index is 0.00826. The molecule has 1 aromatic rings. The predicted octanol–water partition coefficient (Wildman–Crippen LogP) is 2.14. The Hall–Kier alpha value is -1.14. The van der Waals surface area contributed by atoms with E-state index in [1.807, 2.05) is 30.8 Å². The highest BCUT2D eigenvalue weighted by Crippen LogP contribution is 2.35. The quantitative estimate of drug-likeness (QED) is 0.925. The lowest BCUT2D eigenvalue weighted by Crippen LogP contribution is -2.44. The van der Waals surface area contributed by atoms with Gasteiger partial charge in [-0.25, -0.2) is 4.98 Å². The Kier molecular flexibility index (Phi) is 4.88. The van der Waals surface area contributed by atoms with Gasteiger partial charge in [0.25, 0.3) is 5.91 Å². The number of aryl methyl sites for hydroxylation is 1. The minimum absolute atomic E-state index is 0.00826. The topological polar surface area (TPSA) is 56.7 Å². The largest absolute Gasteiger partial charge is 0.396 e. The number of likely N-dealkylation sites (tertiary alicyclic amines) is 1. The number of aliphatic hydroxyl groups is 1. The highest BCUT2D eigenvalue weighted by Gasteiger charge is 2.35. The number of carbonyl (C=O) groups is 1. The first kappa shape index (κ1) is 16.2. The maximum atomic E-state index is 12.7. The SMILES string of the molecule is CCC1(CO)CCN(C(=O)c2sc(N(C)C)nc2C)CC1. The van der Waals surface area contributed by atoms with Crippen molar-refractivity contribution < 1.29 is 9.90 Å². The summed E-state index contributed by atoms with van der Waals surface area (Å²) < 4.78 is 0. The van der Waals surface area contributed by atoms with Gasteiger partial charge in [0.1, 0.15) is 4.88 Å². The average molecular weight is 311 g/mol. The van der Waals surface area contributed by atoms with Crippen molar-refractivity contribution in [2.75, 3.05) is 38.7 Å². The summed E-state index contributed by atoms with van der Waals surface area (Å²) >= 11 is 1.45. The van der Waals surface area contributed by atoms with Gasteiger partial charge in [0.15, 0.2) is 5.13 Å². The Balaban J connectivity index is 2.09. The van der Waals surface area contributed by atoms with Crippen molar-refractivity contribution in [2.24, 2.45) is 5.41 Å². The van der Waals surface area contributed by atoms with Gasteiger partial charge in [0.05, 0.1) is 5.69 Å². The van der Waals surface area contributed by atoms with Gasteiger partial charge in [-0.05, 0) is 31.6 Å². The van der Waals surface area contributed by atoms with Crippen LogP contribution in [-0.4, -0.2) is 54.7 Å². The fourth-order valence-electron chi connectivity index (χ4n) is 2.72. The molecule has 1 aliphatic heterocycles. The molecule has 0 bridgehead atoms. The molecular weight excluding hydrogens is 286 g/mol. The van der Waals surface area contributed by atoms with Crippen LogP contribution in [0.4, 0.5) is 5.13 Å². The van der Waals surface area contributed by atoms with Crippen LogP contribution in [0.5, 0.6) is 0 Å². The van der Waals surface area contributed by atoms with E-state index in [2.05, 4.69) is 11.9 Å². The monoisotopic (exact) mass is 311 g/mol. The Labute approximate surface area is 130 Å². The van der Waals surface area contributed by atoms with Crippen LogP contribution in [0.2, 0.25) is 0 Å². The molecule has 21 heavy (non-hydrogen) atoms. The molecular formula is C15H25N3O2S. The Morgan fingerprint density at radius 1 is 1.43 bits per heavy atom. The van der Waals surface area contributed by atoms with Gasteiger partial charge in [-0.3, -0.25) is 4.79 Å². The van der Waals surface area contributed by atoms with E-state index in [0.717, 1.165) is 48.1 Å². The molecule has 0 aromatic carbocycles. The zero-order valence-corrected chi connectivity index (χ0v) is 14.2. The summed E-state index contributed by atoms with van der Waals surface area (Å²) in [4.78, 5) is 21.7. The minimum Gasteiger partial charge on any atom is -0.396 e. The smallest absolute Gasteiger partial charge is 0.265 e. The van der Waals surface area contributed by atoms with E-state index >= 15 is 0 Å². The van der Waals surface area contributed by atoms with Gasteiger partial charge in [-0.15, -0.1) is 0 Å². The van der Waals surface area contributed by atoms with Crippen molar-refractivity contribution in [1.29, 1.82) is 0 Å². The molecule has 118 valence electrons. The molecule has 1 saturated heterocycles. The van der Waals surface area contributed by atoms with Crippen LogP contribution in [0.15, 0.2) is 0 Å². The van der Waals surface area contributed by atoms with Gasteiger partial charge in [0.2, 0.25) is 0 Å². The van der Waals surface area contributed by atoms with Gasteiger partial charge < -0.3 is 14.9 Å². The normalized spacial score (nSPS) is 17.9. The molecule has 0 unspecified atom stereocenters. The predicted molar refractivity (Wildman–Crippen MR) is 86.1 cm³/mol. The molecule has 0 radical (unpaired) electrons. The van der Waals surface area contributed by atoms with Crippen molar-refractivity contribution >= 4 is 22.4 Å². The molecule has 0 saturated carbocycles. The van der Waals surface area contributed by atoms with Crippen LogP contribution >= 0.6 is 11.3 Å². The number of thiazole rings is 1. The molecule has 5 nitrogen and oxygen atoms in total. The lowest BCUT2D eigenvalue weighted by Gasteiger charge is -2.40. The first-order chi connectivity index (χ1) is 9.92. The number of rotatable bonds is 4. The molecule has 1 fully saturated rings. The highest BCUT2D eigenvalue weighted by molar-refractivity contribution is 7.17. The third kappa shape index (κ3) is 3.21. The maximum absolute atomic E-state index is 12.7. The summed E-state index contributed by atoms with van der Waals surface area (Å²) in [7, 11) is 3.87. The summed E-state index contributed by atoms with van der Waals surface area (Å²) in [5.41, 5.74) is 0.817. The number of aromatic nitrogens is 1. The highest BCUT2D eigenvalue weighted by atomic mass is 32.1. The maximum Gasteiger partial charge on any atom is 0.265 e. The number of carbonyl (C=O) groups excluding carboxylic acids is 1. The van der Waals surface area contributed by atoms with Crippen molar-refractivity contribution in [3.8, 4) is 0 Å². The molecule has 1 aromatic heterocycles. The van der Waals surface area contributed by atoms with Crippen LogP contribution in [0.3, 0.4) is 0 Å². The Morgan fingerprint density at radius 2 is 2.05 bits per heavy atom. The summed E-state index contributed by atoms with van der Waals surface area (Å²) in [5.74, 6) is 0.0840. The van der Waals surface area contributed by atoms with Crippen molar-refractivity contribution in [1.82, 2.24) is 9.88 Å². The third-order valence-corrected chi connectivity index (χ3v) is 5.87. The molecule has 2 heterocycles. The van der Waals surface area contributed by atoms with Crippen molar-refractivity contribution in [3.05, 3.63) is 10.6 Å². The molecule has 6 heteroatoms. The number of anilines is 1. The first-order valence-corrected chi connectivity index (χ1v) is 8.29. The molecule has 1 amide bonds. The van der Waals surface area contributed by atoms with Gasteiger partial charge >= 0.3 is 0 Å². The summed E-state index contributed by atoms with van der Waals surface area (Å²) in [5, 5.41) is 10.4. The van der Waals surface area contributed by atoms with E-state index in [0.29, 0.717) is 0 Å². The van der Waals surface area contributed by atoms with Gasteiger partial charge in [0, 0.05) is 33.8 Å². The molecule has 1 N–H and O–H groups in total. The fourth-order valence-corrected chi connectivity index (χ4v) is 3.68.